The van der Waals surface area contributed by atoms with Crippen molar-refractivity contribution < 1.29 is 4.74 Å². The normalized spacial score (nSPS) is 39.5. The zero-order chi connectivity index (χ0) is 16.5. The Bertz CT molecular complexity index is 450. The highest BCUT2D eigenvalue weighted by atomic mass is 16.5. The fourth-order valence-electron chi connectivity index (χ4n) is 5.35. The number of ether oxygens (including phenoxy) is 1. The van der Waals surface area contributed by atoms with E-state index in [4.69, 9.17) is 9.73 Å². The van der Waals surface area contributed by atoms with E-state index in [1.165, 1.54) is 38.8 Å². The third kappa shape index (κ3) is 3.30. The van der Waals surface area contributed by atoms with Crippen molar-refractivity contribution in [2.75, 3.05) is 45.8 Å². The van der Waals surface area contributed by atoms with E-state index < -0.39 is 0 Å². The Morgan fingerprint density at radius 1 is 1.12 bits per heavy atom. The van der Waals surface area contributed by atoms with E-state index in [0.717, 1.165) is 56.4 Å². The van der Waals surface area contributed by atoms with E-state index in [1.807, 2.05) is 0 Å². The molecule has 136 valence electrons. The number of likely N-dealkylation sites (tertiary alicyclic amines) is 2. The SMILES string of the molecule is CCNC(=NCCN1CCCC(C)C1)N1CC2C3CCC(O3)C2C1. The van der Waals surface area contributed by atoms with E-state index in [-0.39, 0.29) is 0 Å². The summed E-state index contributed by atoms with van der Waals surface area (Å²) >= 11 is 0. The first-order valence-electron chi connectivity index (χ1n) is 10.2. The Balaban J connectivity index is 1.32. The monoisotopic (exact) mass is 334 g/mol. The second-order valence-corrected chi connectivity index (χ2v) is 8.31. The summed E-state index contributed by atoms with van der Waals surface area (Å²) in [6.07, 6.45) is 6.36. The quantitative estimate of drug-likeness (QED) is 0.629. The highest BCUT2D eigenvalue weighted by Gasteiger charge is 2.53. The van der Waals surface area contributed by atoms with E-state index >= 15 is 0 Å². The van der Waals surface area contributed by atoms with E-state index in [0.29, 0.717) is 12.2 Å². The molecule has 4 fully saturated rings. The van der Waals surface area contributed by atoms with Gasteiger partial charge in [-0.15, -0.1) is 0 Å². The molecule has 0 amide bonds. The van der Waals surface area contributed by atoms with Crippen LogP contribution in [0.2, 0.25) is 0 Å². The van der Waals surface area contributed by atoms with Crippen LogP contribution in [0.15, 0.2) is 4.99 Å². The first-order valence-corrected chi connectivity index (χ1v) is 10.2. The molecule has 1 N–H and O–H groups in total. The second-order valence-electron chi connectivity index (χ2n) is 8.31. The third-order valence-electron chi connectivity index (χ3n) is 6.51. The smallest absolute Gasteiger partial charge is 0.193 e. The molecule has 5 heteroatoms. The van der Waals surface area contributed by atoms with Crippen molar-refractivity contribution in [3.05, 3.63) is 0 Å². The van der Waals surface area contributed by atoms with Gasteiger partial charge < -0.3 is 19.9 Å². The maximum atomic E-state index is 6.10. The first kappa shape index (κ1) is 16.6. The summed E-state index contributed by atoms with van der Waals surface area (Å²) in [5, 5.41) is 3.53. The summed E-state index contributed by atoms with van der Waals surface area (Å²) in [6.45, 7) is 12.3. The molecule has 0 aromatic carbocycles. The summed E-state index contributed by atoms with van der Waals surface area (Å²) in [7, 11) is 0. The van der Waals surface area contributed by atoms with Crippen LogP contribution in [0.3, 0.4) is 0 Å². The van der Waals surface area contributed by atoms with E-state index in [2.05, 4.69) is 29.0 Å². The van der Waals surface area contributed by atoms with Gasteiger partial charge in [-0.1, -0.05) is 6.92 Å². The predicted octanol–water partition coefficient (Wildman–Crippen LogP) is 1.79. The largest absolute Gasteiger partial charge is 0.374 e. The predicted molar refractivity (Wildman–Crippen MR) is 97.3 cm³/mol. The standard InChI is InChI=1S/C19H34N4O/c1-3-20-19(21-8-10-22-9-4-5-14(2)11-22)23-12-15-16(13-23)18-7-6-17(15)24-18/h14-18H,3-13H2,1-2H3,(H,20,21). The molecule has 0 spiro atoms. The summed E-state index contributed by atoms with van der Waals surface area (Å²) in [5.74, 6) is 3.48. The van der Waals surface area contributed by atoms with Gasteiger partial charge in [0.05, 0.1) is 18.8 Å². The van der Waals surface area contributed by atoms with Crippen LogP contribution in [0.25, 0.3) is 0 Å². The summed E-state index contributed by atoms with van der Waals surface area (Å²) in [6, 6.07) is 0. The van der Waals surface area contributed by atoms with Gasteiger partial charge in [0.25, 0.3) is 0 Å². The van der Waals surface area contributed by atoms with Gasteiger partial charge in [-0.3, -0.25) is 4.99 Å². The maximum absolute atomic E-state index is 6.10. The molecule has 5 unspecified atom stereocenters. The number of fused-ring (bicyclic) bond motifs is 5. The zero-order valence-corrected chi connectivity index (χ0v) is 15.4. The molecule has 24 heavy (non-hydrogen) atoms. The lowest BCUT2D eigenvalue weighted by Crippen LogP contribution is -2.42. The molecule has 4 aliphatic rings. The van der Waals surface area contributed by atoms with Gasteiger partial charge in [0.1, 0.15) is 0 Å². The number of nitrogens with one attached hydrogen (secondary N) is 1. The van der Waals surface area contributed by atoms with Gasteiger partial charge in [-0.05, 0) is 45.1 Å². The fourth-order valence-corrected chi connectivity index (χ4v) is 5.35. The molecule has 0 aromatic heterocycles. The van der Waals surface area contributed by atoms with Gasteiger partial charge in [-0.2, -0.15) is 0 Å². The average Bonchev–Trinajstić information content (AvgIpc) is 3.27. The van der Waals surface area contributed by atoms with Crippen LogP contribution in [0.5, 0.6) is 0 Å². The topological polar surface area (TPSA) is 40.1 Å². The highest BCUT2D eigenvalue weighted by molar-refractivity contribution is 5.80. The second kappa shape index (κ2) is 7.20. The molecular formula is C19H34N4O. The number of guanidine groups is 1. The van der Waals surface area contributed by atoms with Gasteiger partial charge >= 0.3 is 0 Å². The van der Waals surface area contributed by atoms with E-state index in [9.17, 15) is 0 Å². The van der Waals surface area contributed by atoms with Crippen LogP contribution in [0.4, 0.5) is 0 Å². The molecule has 4 saturated heterocycles. The van der Waals surface area contributed by atoms with Crippen LogP contribution in [0, 0.1) is 17.8 Å². The van der Waals surface area contributed by atoms with Crippen molar-refractivity contribution in [3.63, 3.8) is 0 Å². The van der Waals surface area contributed by atoms with Crippen molar-refractivity contribution in [2.45, 2.75) is 51.7 Å². The third-order valence-corrected chi connectivity index (χ3v) is 6.51. The lowest BCUT2D eigenvalue weighted by atomic mass is 9.82. The lowest BCUT2D eigenvalue weighted by Gasteiger charge is -2.30. The van der Waals surface area contributed by atoms with Gasteiger partial charge in [0.2, 0.25) is 0 Å². The van der Waals surface area contributed by atoms with E-state index in [1.54, 1.807) is 0 Å². The number of hydrogen-bond donors (Lipinski definition) is 1. The zero-order valence-electron chi connectivity index (χ0n) is 15.4. The minimum atomic E-state index is 0.530. The molecule has 4 aliphatic heterocycles. The van der Waals surface area contributed by atoms with Gasteiger partial charge in [0.15, 0.2) is 5.96 Å². The molecule has 5 atom stereocenters. The molecule has 0 radical (unpaired) electrons. The Labute approximate surface area is 146 Å². The molecule has 5 nitrogen and oxygen atoms in total. The number of rotatable bonds is 4. The Hall–Kier alpha value is -0.810. The van der Waals surface area contributed by atoms with Crippen LogP contribution in [-0.4, -0.2) is 73.8 Å². The van der Waals surface area contributed by atoms with Crippen molar-refractivity contribution in [2.24, 2.45) is 22.7 Å². The molecule has 0 aliphatic carbocycles. The molecule has 0 saturated carbocycles. The minimum absolute atomic E-state index is 0.530. The summed E-state index contributed by atoms with van der Waals surface area (Å²) in [5.41, 5.74) is 0. The van der Waals surface area contributed by atoms with Crippen molar-refractivity contribution in [1.82, 2.24) is 15.1 Å². The number of nitrogens with zero attached hydrogens (tertiary/aromatic N) is 3. The van der Waals surface area contributed by atoms with Gasteiger partial charge in [-0.25, -0.2) is 0 Å². The Kier molecular flexibility index (Phi) is 5.00. The molecule has 0 aromatic rings. The average molecular weight is 335 g/mol. The first-order chi connectivity index (χ1) is 11.7. The van der Waals surface area contributed by atoms with Crippen molar-refractivity contribution >= 4 is 5.96 Å². The highest BCUT2D eigenvalue weighted by Crippen LogP contribution is 2.47. The van der Waals surface area contributed by atoms with Crippen LogP contribution >= 0.6 is 0 Å². The number of hydrogen-bond acceptors (Lipinski definition) is 3. The fraction of sp³-hybridized carbons (Fsp3) is 0.947. The molecule has 4 heterocycles. The van der Waals surface area contributed by atoms with Crippen molar-refractivity contribution in [3.8, 4) is 0 Å². The molecular weight excluding hydrogens is 300 g/mol. The summed E-state index contributed by atoms with van der Waals surface area (Å²) in [4.78, 5) is 10.1. The molecule has 4 rings (SSSR count). The maximum Gasteiger partial charge on any atom is 0.193 e. The van der Waals surface area contributed by atoms with Crippen molar-refractivity contribution in [1.29, 1.82) is 0 Å². The van der Waals surface area contributed by atoms with Gasteiger partial charge in [0, 0.05) is 44.6 Å². The van der Waals surface area contributed by atoms with Crippen LogP contribution in [0.1, 0.15) is 39.5 Å². The van der Waals surface area contributed by atoms with Crippen LogP contribution in [-0.2, 0) is 4.74 Å². The Morgan fingerprint density at radius 2 is 1.88 bits per heavy atom. The van der Waals surface area contributed by atoms with Crippen LogP contribution < -0.4 is 5.32 Å². The number of piperidine rings is 1. The minimum Gasteiger partial charge on any atom is -0.374 e. The lowest BCUT2D eigenvalue weighted by molar-refractivity contribution is 0.0767. The number of aliphatic imine (C=N–C) groups is 1. The summed E-state index contributed by atoms with van der Waals surface area (Å²) < 4.78 is 6.10. The molecule has 2 bridgehead atoms. The Morgan fingerprint density at radius 3 is 2.54 bits per heavy atom.